The quantitative estimate of drug-likeness (QED) is 0.405. The van der Waals surface area contributed by atoms with E-state index in [1.165, 1.54) is 11.3 Å². The number of benzene rings is 1. The molecule has 136 valence electrons. The van der Waals surface area contributed by atoms with Crippen LogP contribution in [0, 0.1) is 5.41 Å². The first-order chi connectivity index (χ1) is 12.9. The largest absolute Gasteiger partial charge is 0.397 e. The van der Waals surface area contributed by atoms with Crippen molar-refractivity contribution < 1.29 is 4.79 Å². The number of nitrogens with zero attached hydrogens (tertiary/aromatic N) is 1. The minimum atomic E-state index is -0.488. The summed E-state index contributed by atoms with van der Waals surface area (Å²) < 4.78 is 0. The number of anilines is 1. The standard InChI is InChI=1S/C22H20N2OS2/c1-22(2,3)20(25)19-18(23)17-14(13-8-5-4-6-9-13)12-15(24-21(17)27-19)16-10-7-11-26-16/h4-12H,23H2,1-3H3. The predicted octanol–water partition coefficient (Wildman–Crippen LogP) is 6.50. The molecular formula is C22H20N2OS2. The molecule has 0 radical (unpaired) electrons. The average Bonchev–Trinajstić information content (AvgIpc) is 3.29. The van der Waals surface area contributed by atoms with Gasteiger partial charge in [0.1, 0.15) is 4.83 Å². The van der Waals surface area contributed by atoms with Crippen molar-refractivity contribution in [1.29, 1.82) is 0 Å². The van der Waals surface area contributed by atoms with E-state index in [4.69, 9.17) is 10.7 Å². The Morgan fingerprint density at radius 1 is 1.07 bits per heavy atom. The van der Waals surface area contributed by atoms with Crippen molar-refractivity contribution >= 4 is 44.4 Å². The van der Waals surface area contributed by atoms with E-state index in [-0.39, 0.29) is 5.78 Å². The normalized spacial score (nSPS) is 11.8. The van der Waals surface area contributed by atoms with E-state index in [0.717, 1.165) is 31.9 Å². The molecule has 0 unspecified atom stereocenters. The van der Waals surface area contributed by atoms with Gasteiger partial charge in [-0.3, -0.25) is 4.79 Å². The topological polar surface area (TPSA) is 56.0 Å². The highest BCUT2D eigenvalue weighted by Gasteiger charge is 2.29. The molecule has 4 aromatic rings. The van der Waals surface area contributed by atoms with E-state index in [1.54, 1.807) is 11.3 Å². The van der Waals surface area contributed by atoms with Gasteiger partial charge in [0.05, 0.1) is 21.1 Å². The van der Waals surface area contributed by atoms with Crippen LogP contribution in [0.5, 0.6) is 0 Å². The number of hydrogen-bond donors (Lipinski definition) is 1. The maximum atomic E-state index is 12.9. The highest BCUT2D eigenvalue weighted by Crippen LogP contribution is 2.43. The molecule has 1 aromatic carbocycles. The predicted molar refractivity (Wildman–Crippen MR) is 117 cm³/mol. The zero-order chi connectivity index (χ0) is 19.2. The minimum absolute atomic E-state index is 0.0553. The highest BCUT2D eigenvalue weighted by atomic mass is 32.1. The molecule has 0 amide bonds. The van der Waals surface area contributed by atoms with E-state index in [2.05, 4.69) is 24.3 Å². The van der Waals surface area contributed by atoms with Crippen molar-refractivity contribution in [3.8, 4) is 21.7 Å². The van der Waals surface area contributed by atoms with Gasteiger partial charge >= 0.3 is 0 Å². The summed E-state index contributed by atoms with van der Waals surface area (Å²) in [6.45, 7) is 5.76. The molecule has 2 N–H and O–H groups in total. The number of nitrogen functional groups attached to an aromatic ring is 1. The summed E-state index contributed by atoms with van der Waals surface area (Å²) in [7, 11) is 0. The Hall–Kier alpha value is -2.50. The molecule has 0 fully saturated rings. The monoisotopic (exact) mass is 392 g/mol. The van der Waals surface area contributed by atoms with Gasteiger partial charge in [-0.2, -0.15) is 0 Å². The van der Waals surface area contributed by atoms with Gasteiger partial charge < -0.3 is 5.73 Å². The lowest BCUT2D eigenvalue weighted by molar-refractivity contribution is 0.0863. The number of carbonyl (C=O) groups excluding carboxylic acids is 1. The molecule has 5 heteroatoms. The van der Waals surface area contributed by atoms with Crippen LogP contribution in [-0.4, -0.2) is 10.8 Å². The number of carbonyl (C=O) groups is 1. The number of rotatable bonds is 3. The van der Waals surface area contributed by atoms with Gasteiger partial charge in [-0.1, -0.05) is 57.2 Å². The zero-order valence-corrected chi connectivity index (χ0v) is 17.1. The number of Topliss-reactive ketones (excluding diaryl/α,β-unsaturated/α-hetero) is 1. The number of ketones is 1. The summed E-state index contributed by atoms with van der Waals surface area (Å²) in [6.07, 6.45) is 0. The third-order valence-corrected chi connectivity index (χ3v) is 6.44. The van der Waals surface area contributed by atoms with Crippen LogP contribution in [0.25, 0.3) is 31.9 Å². The second-order valence-corrected chi connectivity index (χ2v) is 9.45. The Kier molecular flexibility index (Phi) is 4.36. The lowest BCUT2D eigenvalue weighted by atomic mass is 9.89. The van der Waals surface area contributed by atoms with Crippen LogP contribution in [0.2, 0.25) is 0 Å². The average molecular weight is 393 g/mol. The van der Waals surface area contributed by atoms with Gasteiger partial charge in [0.15, 0.2) is 5.78 Å². The number of hydrogen-bond acceptors (Lipinski definition) is 5. The molecule has 0 saturated carbocycles. The van der Waals surface area contributed by atoms with Crippen LogP contribution in [0.3, 0.4) is 0 Å². The Morgan fingerprint density at radius 2 is 1.81 bits per heavy atom. The molecule has 4 rings (SSSR count). The van der Waals surface area contributed by atoms with Crippen LogP contribution in [0.15, 0.2) is 53.9 Å². The fraction of sp³-hybridized carbons (Fsp3) is 0.182. The van der Waals surface area contributed by atoms with Crippen molar-refractivity contribution in [1.82, 2.24) is 4.98 Å². The van der Waals surface area contributed by atoms with Crippen molar-refractivity contribution in [2.24, 2.45) is 5.41 Å². The lowest BCUT2D eigenvalue weighted by Crippen LogP contribution is -2.20. The SMILES string of the molecule is CC(C)(C)C(=O)c1sc2nc(-c3cccs3)cc(-c3ccccc3)c2c1N. The molecule has 0 saturated heterocycles. The lowest BCUT2D eigenvalue weighted by Gasteiger charge is -2.15. The van der Waals surface area contributed by atoms with Crippen LogP contribution in [-0.2, 0) is 0 Å². The molecule has 0 bridgehead atoms. The fourth-order valence-corrected chi connectivity index (χ4v) is 4.98. The van der Waals surface area contributed by atoms with Crippen molar-refractivity contribution in [2.45, 2.75) is 20.8 Å². The summed E-state index contributed by atoms with van der Waals surface area (Å²) in [5, 5.41) is 2.92. The summed E-state index contributed by atoms with van der Waals surface area (Å²) in [5.74, 6) is 0.0553. The zero-order valence-electron chi connectivity index (χ0n) is 15.4. The van der Waals surface area contributed by atoms with Crippen molar-refractivity contribution in [3.63, 3.8) is 0 Å². The van der Waals surface area contributed by atoms with Gasteiger partial charge in [0, 0.05) is 10.8 Å². The molecule has 0 aliphatic rings. The summed E-state index contributed by atoms with van der Waals surface area (Å²) >= 11 is 3.05. The van der Waals surface area contributed by atoms with E-state index in [0.29, 0.717) is 10.6 Å². The Balaban J connectivity index is 2.04. The van der Waals surface area contributed by atoms with E-state index in [9.17, 15) is 4.79 Å². The molecule has 3 heterocycles. The number of pyridine rings is 1. The molecule has 27 heavy (non-hydrogen) atoms. The maximum absolute atomic E-state index is 12.9. The van der Waals surface area contributed by atoms with Crippen LogP contribution in [0.1, 0.15) is 30.4 Å². The van der Waals surface area contributed by atoms with Crippen LogP contribution >= 0.6 is 22.7 Å². The third-order valence-electron chi connectivity index (χ3n) is 4.44. The molecule has 0 aliphatic carbocycles. The number of nitrogens with two attached hydrogens (primary N) is 1. The summed E-state index contributed by atoms with van der Waals surface area (Å²) in [6, 6.07) is 16.3. The van der Waals surface area contributed by atoms with Gasteiger partial charge in [-0.15, -0.1) is 22.7 Å². The van der Waals surface area contributed by atoms with E-state index >= 15 is 0 Å². The Morgan fingerprint density at radius 3 is 2.44 bits per heavy atom. The summed E-state index contributed by atoms with van der Waals surface area (Å²) in [5.41, 5.74) is 9.55. The van der Waals surface area contributed by atoms with Crippen molar-refractivity contribution in [3.05, 3.63) is 58.8 Å². The number of thiophene rings is 2. The Labute approximate surface area is 166 Å². The molecule has 3 nitrogen and oxygen atoms in total. The Bertz CT molecular complexity index is 1120. The second kappa shape index (κ2) is 6.59. The summed E-state index contributed by atoms with van der Waals surface area (Å²) in [4.78, 5) is 20.3. The first-order valence-electron chi connectivity index (χ1n) is 8.73. The van der Waals surface area contributed by atoms with Gasteiger partial charge in [0.25, 0.3) is 0 Å². The third kappa shape index (κ3) is 3.17. The second-order valence-electron chi connectivity index (χ2n) is 7.50. The van der Waals surface area contributed by atoms with E-state index < -0.39 is 5.41 Å². The van der Waals surface area contributed by atoms with Gasteiger partial charge in [-0.25, -0.2) is 4.98 Å². The molecule has 0 atom stereocenters. The minimum Gasteiger partial charge on any atom is -0.397 e. The highest BCUT2D eigenvalue weighted by molar-refractivity contribution is 7.21. The van der Waals surface area contributed by atoms with Crippen LogP contribution in [0.4, 0.5) is 5.69 Å². The van der Waals surface area contributed by atoms with Crippen molar-refractivity contribution in [2.75, 3.05) is 5.73 Å². The molecule has 0 aliphatic heterocycles. The van der Waals surface area contributed by atoms with Gasteiger partial charge in [-0.05, 0) is 28.6 Å². The maximum Gasteiger partial charge on any atom is 0.180 e. The smallest absolute Gasteiger partial charge is 0.180 e. The number of fused-ring (bicyclic) bond motifs is 1. The molecule has 3 aromatic heterocycles. The van der Waals surface area contributed by atoms with E-state index in [1.807, 2.05) is 50.4 Å². The first-order valence-corrected chi connectivity index (χ1v) is 10.4. The first kappa shape index (κ1) is 17.9. The van der Waals surface area contributed by atoms with Crippen LogP contribution < -0.4 is 5.73 Å². The number of aromatic nitrogens is 1. The molecule has 0 spiro atoms. The molecular weight excluding hydrogens is 372 g/mol. The fourth-order valence-electron chi connectivity index (χ4n) is 3.03. The van der Waals surface area contributed by atoms with Gasteiger partial charge in [0.2, 0.25) is 0 Å².